The Balaban J connectivity index is 1.96. The lowest BCUT2D eigenvalue weighted by Gasteiger charge is -2.17. The summed E-state index contributed by atoms with van der Waals surface area (Å²) in [6, 6.07) is 5.21. The molecule has 0 saturated heterocycles. The molecule has 26 heavy (non-hydrogen) atoms. The molecule has 0 saturated carbocycles. The number of benzene rings is 1. The third-order valence-corrected chi connectivity index (χ3v) is 4.58. The highest BCUT2D eigenvalue weighted by molar-refractivity contribution is 5.93. The van der Waals surface area contributed by atoms with E-state index in [0.29, 0.717) is 23.4 Å². The molecular formula is C19H28N4O3. The topological polar surface area (TPSA) is 76.5 Å². The van der Waals surface area contributed by atoms with E-state index in [1.165, 1.54) is 7.11 Å². The third kappa shape index (κ3) is 4.82. The number of ether oxygens (including phenoxy) is 1. The zero-order valence-corrected chi connectivity index (χ0v) is 16.0. The molecule has 0 aliphatic carbocycles. The van der Waals surface area contributed by atoms with Gasteiger partial charge >= 0.3 is 5.97 Å². The van der Waals surface area contributed by atoms with Crippen molar-refractivity contribution >= 4 is 22.9 Å². The summed E-state index contributed by atoms with van der Waals surface area (Å²) < 4.78 is 6.61. The van der Waals surface area contributed by atoms with Crippen LogP contribution in [0.1, 0.15) is 36.5 Å². The van der Waals surface area contributed by atoms with Gasteiger partial charge in [0.15, 0.2) is 0 Å². The van der Waals surface area contributed by atoms with Crippen LogP contribution in [-0.2, 0) is 23.0 Å². The Kier molecular flexibility index (Phi) is 7.15. The number of carbonyl (C=O) groups is 2. The Bertz CT molecular complexity index is 765. The van der Waals surface area contributed by atoms with E-state index in [1.54, 1.807) is 12.1 Å². The van der Waals surface area contributed by atoms with Crippen LogP contribution >= 0.6 is 0 Å². The van der Waals surface area contributed by atoms with Crippen LogP contribution in [0.25, 0.3) is 11.0 Å². The van der Waals surface area contributed by atoms with Gasteiger partial charge in [-0.2, -0.15) is 0 Å². The van der Waals surface area contributed by atoms with Gasteiger partial charge in [0.05, 0.1) is 30.1 Å². The number of methoxy groups -OCH3 is 1. The Morgan fingerprint density at radius 3 is 2.65 bits per heavy atom. The van der Waals surface area contributed by atoms with Crippen LogP contribution in [0, 0.1) is 0 Å². The lowest BCUT2D eigenvalue weighted by molar-refractivity contribution is -0.120. The van der Waals surface area contributed by atoms with Crippen molar-refractivity contribution in [3.63, 3.8) is 0 Å². The summed E-state index contributed by atoms with van der Waals surface area (Å²) in [6.45, 7) is 7.97. The number of esters is 1. The zero-order valence-electron chi connectivity index (χ0n) is 16.0. The number of nitrogens with zero attached hydrogens (tertiary/aromatic N) is 3. The van der Waals surface area contributed by atoms with Crippen molar-refractivity contribution in [3.8, 4) is 0 Å². The van der Waals surface area contributed by atoms with Crippen LogP contribution in [0.2, 0.25) is 0 Å². The maximum atomic E-state index is 12.2. The molecule has 0 aliphatic heterocycles. The highest BCUT2D eigenvalue weighted by Gasteiger charge is 2.14. The summed E-state index contributed by atoms with van der Waals surface area (Å²) >= 11 is 0. The van der Waals surface area contributed by atoms with Crippen LogP contribution in [-0.4, -0.2) is 59.6 Å². The predicted octanol–water partition coefficient (Wildman–Crippen LogP) is 1.75. The first-order chi connectivity index (χ1) is 12.5. The molecule has 1 aromatic carbocycles. The number of aryl methyl sites for hydroxylation is 1. The molecule has 1 N–H and O–H groups in total. The van der Waals surface area contributed by atoms with E-state index in [-0.39, 0.29) is 12.3 Å². The van der Waals surface area contributed by atoms with Gasteiger partial charge in [-0.15, -0.1) is 0 Å². The molecule has 0 aliphatic rings. The van der Waals surface area contributed by atoms with Crippen LogP contribution in [0.5, 0.6) is 0 Å². The third-order valence-electron chi connectivity index (χ3n) is 4.58. The number of hydrogen-bond acceptors (Lipinski definition) is 5. The Morgan fingerprint density at radius 1 is 1.27 bits per heavy atom. The smallest absolute Gasteiger partial charge is 0.337 e. The molecule has 7 nitrogen and oxygen atoms in total. The van der Waals surface area contributed by atoms with Crippen LogP contribution in [0.4, 0.5) is 0 Å². The molecule has 142 valence electrons. The lowest BCUT2D eigenvalue weighted by Crippen LogP contribution is -2.31. The molecule has 0 bridgehead atoms. The summed E-state index contributed by atoms with van der Waals surface area (Å²) in [5, 5.41) is 2.95. The average molecular weight is 360 g/mol. The second-order valence-electron chi connectivity index (χ2n) is 6.19. The van der Waals surface area contributed by atoms with Gasteiger partial charge in [-0.3, -0.25) is 4.79 Å². The number of imidazole rings is 1. The lowest BCUT2D eigenvalue weighted by atomic mass is 10.2. The van der Waals surface area contributed by atoms with Crippen LogP contribution in [0.3, 0.4) is 0 Å². The summed E-state index contributed by atoms with van der Waals surface area (Å²) in [6.07, 6.45) is 1.14. The van der Waals surface area contributed by atoms with E-state index >= 15 is 0 Å². The second kappa shape index (κ2) is 9.33. The number of nitrogens with one attached hydrogen (secondary N) is 1. The second-order valence-corrected chi connectivity index (χ2v) is 6.19. The first kappa shape index (κ1) is 19.9. The van der Waals surface area contributed by atoms with Crippen LogP contribution in [0.15, 0.2) is 18.2 Å². The quantitative estimate of drug-likeness (QED) is 0.545. The summed E-state index contributed by atoms with van der Waals surface area (Å²) in [4.78, 5) is 30.7. The number of carbonyl (C=O) groups excluding carboxylic acids is 2. The normalized spacial score (nSPS) is 11.1. The molecule has 1 aromatic heterocycles. The molecule has 0 atom stereocenters. The van der Waals surface area contributed by atoms with Gasteiger partial charge < -0.3 is 19.5 Å². The first-order valence-corrected chi connectivity index (χ1v) is 9.02. The SMILES string of the molecule is CCN(CC)CCCNC(=O)Cc1nc2cc(C(=O)OC)ccc2n1C. The van der Waals surface area contributed by atoms with Crippen molar-refractivity contribution in [2.45, 2.75) is 26.7 Å². The monoisotopic (exact) mass is 360 g/mol. The molecule has 7 heteroatoms. The Morgan fingerprint density at radius 2 is 2.00 bits per heavy atom. The number of amides is 1. The maximum Gasteiger partial charge on any atom is 0.337 e. The van der Waals surface area contributed by atoms with Gasteiger partial charge in [0.1, 0.15) is 5.82 Å². The van der Waals surface area contributed by atoms with Gasteiger partial charge in [-0.25, -0.2) is 9.78 Å². The summed E-state index contributed by atoms with van der Waals surface area (Å²) in [5.74, 6) is 0.226. The van der Waals surface area contributed by atoms with Gasteiger partial charge in [-0.1, -0.05) is 13.8 Å². The predicted molar refractivity (Wildman–Crippen MR) is 101 cm³/mol. The molecule has 2 aromatic rings. The zero-order chi connectivity index (χ0) is 19.1. The van der Waals surface area contributed by atoms with Gasteiger partial charge in [0, 0.05) is 13.6 Å². The van der Waals surface area contributed by atoms with Crippen molar-refractivity contribution < 1.29 is 14.3 Å². The van der Waals surface area contributed by atoms with E-state index in [4.69, 9.17) is 4.74 Å². The highest BCUT2D eigenvalue weighted by Crippen LogP contribution is 2.17. The first-order valence-electron chi connectivity index (χ1n) is 9.02. The van der Waals surface area contributed by atoms with E-state index in [9.17, 15) is 9.59 Å². The molecule has 0 fully saturated rings. The molecule has 1 heterocycles. The summed E-state index contributed by atoms with van der Waals surface area (Å²) in [7, 11) is 3.22. The van der Waals surface area contributed by atoms with Gasteiger partial charge in [0.2, 0.25) is 5.91 Å². The van der Waals surface area contributed by atoms with E-state index in [2.05, 4.69) is 29.0 Å². The standard InChI is InChI=1S/C19H28N4O3/c1-5-23(6-2)11-7-10-20-18(24)13-17-21-15-12-14(19(25)26-4)8-9-16(15)22(17)3/h8-9,12H,5-7,10-11,13H2,1-4H3,(H,20,24). The molecule has 2 rings (SSSR count). The molecular weight excluding hydrogens is 332 g/mol. The van der Waals surface area contributed by atoms with E-state index in [0.717, 1.165) is 31.6 Å². The average Bonchev–Trinajstić information content (AvgIpc) is 2.96. The minimum Gasteiger partial charge on any atom is -0.465 e. The number of hydrogen-bond donors (Lipinski definition) is 1. The molecule has 1 amide bonds. The number of rotatable bonds is 9. The van der Waals surface area contributed by atoms with Gasteiger partial charge in [0.25, 0.3) is 0 Å². The largest absolute Gasteiger partial charge is 0.465 e. The fourth-order valence-electron chi connectivity index (χ4n) is 2.93. The summed E-state index contributed by atoms with van der Waals surface area (Å²) in [5.41, 5.74) is 2.01. The minimum absolute atomic E-state index is 0.0452. The Labute approximate surface area is 154 Å². The van der Waals surface area contributed by atoms with E-state index < -0.39 is 5.97 Å². The van der Waals surface area contributed by atoms with Crippen molar-refractivity contribution in [2.75, 3.05) is 33.3 Å². The number of aromatic nitrogens is 2. The molecule has 0 unspecified atom stereocenters. The fourth-order valence-corrected chi connectivity index (χ4v) is 2.93. The Hall–Kier alpha value is -2.41. The van der Waals surface area contributed by atoms with Crippen molar-refractivity contribution in [1.82, 2.24) is 19.8 Å². The van der Waals surface area contributed by atoms with Gasteiger partial charge in [-0.05, 0) is 44.3 Å². The molecule has 0 spiro atoms. The fraction of sp³-hybridized carbons (Fsp3) is 0.526. The molecule has 0 radical (unpaired) electrons. The van der Waals surface area contributed by atoms with Crippen molar-refractivity contribution in [2.24, 2.45) is 7.05 Å². The maximum absolute atomic E-state index is 12.2. The highest BCUT2D eigenvalue weighted by atomic mass is 16.5. The number of fused-ring (bicyclic) bond motifs is 1. The van der Waals surface area contributed by atoms with E-state index in [1.807, 2.05) is 17.7 Å². The van der Waals surface area contributed by atoms with Crippen LogP contribution < -0.4 is 5.32 Å². The van der Waals surface area contributed by atoms with Crippen molar-refractivity contribution in [3.05, 3.63) is 29.6 Å². The minimum atomic E-state index is -0.398. The van der Waals surface area contributed by atoms with Crippen molar-refractivity contribution in [1.29, 1.82) is 0 Å².